The largest absolute Gasteiger partial charge is 0.394 e. The smallest absolute Gasteiger partial charge is 0.182 e. The van der Waals surface area contributed by atoms with Gasteiger partial charge in [-0.1, -0.05) is 0 Å². The third-order valence-corrected chi connectivity index (χ3v) is 2.04. The Balaban J connectivity index is 2.50. The number of amidine groups is 1. The molecule has 0 radical (unpaired) electrons. The number of aliphatic hydroxyl groups excluding tert-OH is 2. The topological polar surface area (TPSA) is 112 Å². The first-order valence-electron chi connectivity index (χ1n) is 4.49. The Labute approximate surface area is 86.1 Å². The van der Waals surface area contributed by atoms with Gasteiger partial charge in [0, 0.05) is 12.6 Å². The molecule has 15 heavy (non-hydrogen) atoms. The van der Waals surface area contributed by atoms with E-state index in [9.17, 15) is 9.50 Å². The van der Waals surface area contributed by atoms with Gasteiger partial charge in [-0.3, -0.25) is 10.4 Å². The minimum absolute atomic E-state index is 0.0913. The highest BCUT2D eigenvalue weighted by Crippen LogP contribution is 2.24. The molecule has 4 atom stereocenters. The summed E-state index contributed by atoms with van der Waals surface area (Å²) < 4.78 is 18.2. The van der Waals surface area contributed by atoms with E-state index in [1.165, 1.54) is 6.21 Å². The molecule has 1 aliphatic heterocycles. The molecule has 0 saturated carbocycles. The summed E-state index contributed by atoms with van der Waals surface area (Å²) >= 11 is 0. The van der Waals surface area contributed by atoms with Crippen LogP contribution in [0, 0.1) is 5.41 Å². The molecule has 0 spiro atoms. The number of ether oxygens (including phenoxy) is 1. The number of rotatable bonds is 4. The molecule has 5 N–H and O–H groups in total. The number of nitrogens with one attached hydrogen (secondary N) is 1. The molecule has 1 rings (SSSR count). The normalized spacial score (nSPS) is 36.2. The summed E-state index contributed by atoms with van der Waals surface area (Å²) in [4.78, 5) is 3.68. The van der Waals surface area contributed by atoms with Gasteiger partial charge in [-0.05, 0) is 0 Å². The SMILES string of the molecule is N=C(N)CC=NC1OC(CO)C(O)C1F. The number of aliphatic imine (C=N–C) groups is 1. The molecule has 7 heteroatoms. The zero-order valence-corrected chi connectivity index (χ0v) is 8.01. The second-order valence-corrected chi connectivity index (χ2v) is 3.24. The summed E-state index contributed by atoms with van der Waals surface area (Å²) in [6.45, 7) is -0.458. The van der Waals surface area contributed by atoms with Gasteiger partial charge in [-0.15, -0.1) is 0 Å². The van der Waals surface area contributed by atoms with Crippen LogP contribution in [-0.2, 0) is 4.74 Å². The number of hydrogen-bond acceptors (Lipinski definition) is 5. The maximum absolute atomic E-state index is 13.3. The van der Waals surface area contributed by atoms with E-state index in [1.54, 1.807) is 0 Å². The molecule has 0 aromatic heterocycles. The van der Waals surface area contributed by atoms with Gasteiger partial charge in [0.1, 0.15) is 12.2 Å². The Bertz CT molecular complexity index is 262. The van der Waals surface area contributed by atoms with Gasteiger partial charge in [0.05, 0.1) is 12.4 Å². The molecule has 1 saturated heterocycles. The Kier molecular flexibility index (Phi) is 4.13. The molecule has 6 nitrogen and oxygen atoms in total. The Morgan fingerprint density at radius 3 is 2.80 bits per heavy atom. The van der Waals surface area contributed by atoms with Crippen LogP contribution in [0.5, 0.6) is 0 Å². The average Bonchev–Trinajstić information content (AvgIpc) is 2.45. The maximum atomic E-state index is 13.3. The fraction of sp³-hybridized carbons (Fsp3) is 0.750. The van der Waals surface area contributed by atoms with Crippen LogP contribution in [0.1, 0.15) is 6.42 Å². The number of halogens is 1. The van der Waals surface area contributed by atoms with Crippen LogP contribution in [0.4, 0.5) is 4.39 Å². The summed E-state index contributed by atoms with van der Waals surface area (Å²) in [6.07, 6.45) is -3.74. The van der Waals surface area contributed by atoms with Crippen molar-refractivity contribution in [3.63, 3.8) is 0 Å². The first-order valence-corrected chi connectivity index (χ1v) is 4.49. The number of nitrogens with zero attached hydrogens (tertiary/aromatic N) is 1. The van der Waals surface area contributed by atoms with E-state index in [0.717, 1.165) is 0 Å². The Morgan fingerprint density at radius 2 is 2.33 bits per heavy atom. The zero-order chi connectivity index (χ0) is 11.4. The second-order valence-electron chi connectivity index (χ2n) is 3.24. The molecule has 4 unspecified atom stereocenters. The number of aliphatic hydroxyl groups is 2. The van der Waals surface area contributed by atoms with Gasteiger partial charge < -0.3 is 20.7 Å². The molecule has 0 aromatic carbocycles. The highest BCUT2D eigenvalue weighted by atomic mass is 19.1. The third-order valence-electron chi connectivity index (χ3n) is 2.04. The van der Waals surface area contributed by atoms with Crippen LogP contribution in [0.2, 0.25) is 0 Å². The highest BCUT2D eigenvalue weighted by molar-refractivity contribution is 5.90. The maximum Gasteiger partial charge on any atom is 0.182 e. The van der Waals surface area contributed by atoms with Crippen molar-refractivity contribution in [1.29, 1.82) is 5.41 Å². The monoisotopic (exact) mass is 219 g/mol. The van der Waals surface area contributed by atoms with Crippen LogP contribution in [-0.4, -0.2) is 53.5 Å². The van der Waals surface area contributed by atoms with Crippen LogP contribution >= 0.6 is 0 Å². The van der Waals surface area contributed by atoms with Gasteiger partial charge in [0.2, 0.25) is 0 Å². The van der Waals surface area contributed by atoms with E-state index >= 15 is 0 Å². The van der Waals surface area contributed by atoms with E-state index < -0.39 is 31.2 Å². The predicted molar refractivity (Wildman–Crippen MR) is 51.7 cm³/mol. The Hall–Kier alpha value is -1.05. The first kappa shape index (κ1) is 12.0. The van der Waals surface area contributed by atoms with E-state index in [1.807, 2.05) is 0 Å². The molecule has 1 aliphatic rings. The van der Waals surface area contributed by atoms with Crippen LogP contribution in [0.25, 0.3) is 0 Å². The van der Waals surface area contributed by atoms with Crippen LogP contribution < -0.4 is 5.73 Å². The van der Waals surface area contributed by atoms with Crippen molar-refractivity contribution in [3.8, 4) is 0 Å². The summed E-state index contributed by atoms with van der Waals surface area (Å²) in [7, 11) is 0. The fourth-order valence-electron chi connectivity index (χ4n) is 1.23. The minimum Gasteiger partial charge on any atom is -0.394 e. The van der Waals surface area contributed by atoms with Gasteiger partial charge in [0.15, 0.2) is 12.4 Å². The minimum atomic E-state index is -1.66. The fourth-order valence-corrected chi connectivity index (χ4v) is 1.23. The molecule has 1 heterocycles. The van der Waals surface area contributed by atoms with E-state index in [4.69, 9.17) is 21.0 Å². The van der Waals surface area contributed by atoms with Gasteiger partial charge >= 0.3 is 0 Å². The molecule has 0 bridgehead atoms. The van der Waals surface area contributed by atoms with Gasteiger partial charge in [-0.25, -0.2) is 4.39 Å². The third kappa shape index (κ3) is 2.95. The standard InChI is InChI=1S/C8H14FN3O3/c9-6-7(14)4(3-13)15-8(6)12-2-1-5(10)11/h2,4,6-8,13-14H,1,3H2,(H3,10,11). The van der Waals surface area contributed by atoms with Crippen molar-refractivity contribution in [1.82, 2.24) is 0 Å². The molecule has 0 amide bonds. The van der Waals surface area contributed by atoms with E-state index in [-0.39, 0.29) is 12.3 Å². The molecule has 0 aromatic rings. The zero-order valence-electron chi connectivity index (χ0n) is 8.01. The molecule has 0 aliphatic carbocycles. The second kappa shape index (κ2) is 5.15. The van der Waals surface area contributed by atoms with Crippen molar-refractivity contribution in [2.75, 3.05) is 6.61 Å². The summed E-state index contributed by atoms with van der Waals surface area (Å²) in [5, 5.41) is 24.9. The van der Waals surface area contributed by atoms with Crippen LogP contribution in [0.3, 0.4) is 0 Å². The van der Waals surface area contributed by atoms with Crippen molar-refractivity contribution in [2.24, 2.45) is 10.7 Å². The lowest BCUT2D eigenvalue weighted by Gasteiger charge is -2.08. The van der Waals surface area contributed by atoms with Crippen molar-refractivity contribution in [2.45, 2.75) is 31.0 Å². The highest BCUT2D eigenvalue weighted by Gasteiger charge is 2.43. The quantitative estimate of drug-likeness (QED) is 0.351. The first-order chi connectivity index (χ1) is 7.06. The lowest BCUT2D eigenvalue weighted by atomic mass is 10.1. The van der Waals surface area contributed by atoms with E-state index in [0.29, 0.717) is 0 Å². The van der Waals surface area contributed by atoms with Crippen LogP contribution in [0.15, 0.2) is 4.99 Å². The number of hydrogen-bond donors (Lipinski definition) is 4. The lowest BCUT2D eigenvalue weighted by molar-refractivity contribution is -0.0192. The molecule has 86 valence electrons. The average molecular weight is 219 g/mol. The van der Waals surface area contributed by atoms with Crippen molar-refractivity contribution < 1.29 is 19.3 Å². The lowest BCUT2D eigenvalue weighted by Crippen LogP contribution is -2.30. The molecular weight excluding hydrogens is 205 g/mol. The summed E-state index contributed by atoms with van der Waals surface area (Å²) in [5.41, 5.74) is 5.06. The summed E-state index contributed by atoms with van der Waals surface area (Å²) in [5.74, 6) is -0.0913. The molecular formula is C8H14FN3O3. The van der Waals surface area contributed by atoms with Gasteiger partial charge in [0.25, 0.3) is 0 Å². The molecule has 1 fully saturated rings. The number of nitrogens with two attached hydrogens (primary N) is 1. The van der Waals surface area contributed by atoms with E-state index in [2.05, 4.69) is 4.99 Å². The van der Waals surface area contributed by atoms with Gasteiger partial charge in [-0.2, -0.15) is 0 Å². The number of alkyl halides is 1. The van der Waals surface area contributed by atoms with Crippen molar-refractivity contribution in [3.05, 3.63) is 0 Å². The Morgan fingerprint density at radius 1 is 1.67 bits per heavy atom. The summed E-state index contributed by atoms with van der Waals surface area (Å²) in [6, 6.07) is 0. The predicted octanol–water partition coefficient (Wildman–Crippen LogP) is -1.20. The van der Waals surface area contributed by atoms with Crippen molar-refractivity contribution >= 4 is 12.1 Å².